The van der Waals surface area contributed by atoms with Crippen LogP contribution in [0.2, 0.25) is 0 Å². The topological polar surface area (TPSA) is 67.9 Å². The molecule has 2 heterocycles. The van der Waals surface area contributed by atoms with E-state index in [4.69, 9.17) is 9.47 Å². The highest BCUT2D eigenvalue weighted by atomic mass is 16.5. The van der Waals surface area contributed by atoms with E-state index in [0.717, 1.165) is 30.6 Å². The molecule has 1 N–H and O–H groups in total. The number of amides is 2. The number of nitrogens with one attached hydrogen (secondary N) is 1. The number of hydrogen-bond acceptors (Lipinski definition) is 4. The zero-order valence-corrected chi connectivity index (χ0v) is 16.1. The van der Waals surface area contributed by atoms with Crippen molar-refractivity contribution in [3.63, 3.8) is 0 Å². The van der Waals surface area contributed by atoms with E-state index >= 15 is 0 Å². The molecule has 0 unspecified atom stereocenters. The van der Waals surface area contributed by atoms with Gasteiger partial charge in [-0.3, -0.25) is 9.59 Å². The highest BCUT2D eigenvalue weighted by Gasteiger charge is 2.36. The summed E-state index contributed by atoms with van der Waals surface area (Å²) in [4.78, 5) is 26.9. The Hall–Kier alpha value is -2.24. The Balaban J connectivity index is 1.40. The first-order valence-corrected chi connectivity index (χ1v) is 10.1. The van der Waals surface area contributed by atoms with Gasteiger partial charge in [0, 0.05) is 43.0 Å². The van der Waals surface area contributed by atoms with Crippen LogP contribution in [0.5, 0.6) is 11.5 Å². The van der Waals surface area contributed by atoms with Crippen LogP contribution in [-0.2, 0) is 16.0 Å². The fourth-order valence-corrected chi connectivity index (χ4v) is 4.00. The molecule has 2 aliphatic heterocycles. The Bertz CT molecular complexity index is 736. The molecule has 6 nitrogen and oxygen atoms in total. The third-order valence-corrected chi connectivity index (χ3v) is 5.66. The van der Waals surface area contributed by atoms with E-state index in [2.05, 4.69) is 5.32 Å². The van der Waals surface area contributed by atoms with Crippen molar-refractivity contribution in [3.8, 4) is 11.5 Å². The number of fused-ring (bicyclic) bond motifs is 1. The first kappa shape index (κ1) is 18.1. The summed E-state index contributed by atoms with van der Waals surface area (Å²) in [6.07, 6.45) is 4.49. The number of carbonyl (C=O) groups excluding carboxylic acids is 2. The minimum atomic E-state index is -0.0733. The third-order valence-electron chi connectivity index (χ3n) is 5.66. The molecule has 1 aliphatic carbocycles. The molecule has 27 heavy (non-hydrogen) atoms. The Morgan fingerprint density at radius 1 is 1.19 bits per heavy atom. The molecule has 6 heteroatoms. The van der Waals surface area contributed by atoms with Gasteiger partial charge >= 0.3 is 0 Å². The molecule has 3 aliphatic rings. The summed E-state index contributed by atoms with van der Waals surface area (Å²) in [5, 5.41) is 3.04. The first-order chi connectivity index (χ1) is 13.0. The summed E-state index contributed by atoms with van der Waals surface area (Å²) in [5.41, 5.74) is 1.79. The normalized spacial score (nSPS) is 22.1. The average Bonchev–Trinajstić information content (AvgIpc) is 3.44. The van der Waals surface area contributed by atoms with Gasteiger partial charge < -0.3 is 19.7 Å². The number of likely N-dealkylation sites (tertiary alicyclic amines) is 1. The van der Waals surface area contributed by atoms with Crippen LogP contribution in [0.3, 0.4) is 0 Å². The van der Waals surface area contributed by atoms with Gasteiger partial charge in [-0.2, -0.15) is 0 Å². The molecule has 0 spiro atoms. The van der Waals surface area contributed by atoms with Gasteiger partial charge in [0.1, 0.15) is 17.6 Å². The number of nitrogens with zero attached hydrogens (tertiary/aromatic N) is 1. The molecule has 2 amide bonds. The lowest BCUT2D eigenvalue weighted by atomic mass is 9.95. The zero-order valence-electron chi connectivity index (χ0n) is 16.1. The number of hydrogen-bond donors (Lipinski definition) is 1. The predicted octanol–water partition coefficient (Wildman–Crippen LogP) is 3.00. The highest BCUT2D eigenvalue weighted by molar-refractivity contribution is 5.94. The minimum Gasteiger partial charge on any atom is -0.492 e. The molecule has 1 atom stereocenters. The van der Waals surface area contributed by atoms with Crippen LogP contribution in [0.1, 0.15) is 45.1 Å². The predicted molar refractivity (Wildman–Crippen MR) is 102 cm³/mol. The molecular weight excluding hydrogens is 344 g/mol. The smallest absolute Gasteiger partial charge is 0.227 e. The lowest BCUT2D eigenvalue weighted by Gasteiger charge is -2.31. The number of carbonyl (C=O) groups is 2. The second-order valence-corrected chi connectivity index (χ2v) is 7.88. The Kier molecular flexibility index (Phi) is 4.98. The van der Waals surface area contributed by atoms with Crippen molar-refractivity contribution >= 4 is 17.5 Å². The van der Waals surface area contributed by atoms with Gasteiger partial charge in [-0.1, -0.05) is 0 Å². The van der Waals surface area contributed by atoms with Crippen LogP contribution in [0.25, 0.3) is 0 Å². The van der Waals surface area contributed by atoms with Gasteiger partial charge in [0.05, 0.1) is 12.3 Å². The Labute approximate surface area is 160 Å². The number of benzene rings is 1. The fraction of sp³-hybridized carbons (Fsp3) is 0.619. The van der Waals surface area contributed by atoms with E-state index in [0.29, 0.717) is 44.0 Å². The molecule has 1 aromatic carbocycles. The van der Waals surface area contributed by atoms with Gasteiger partial charge in [-0.25, -0.2) is 0 Å². The summed E-state index contributed by atoms with van der Waals surface area (Å²) in [6.45, 7) is 5.87. The maximum absolute atomic E-state index is 12.8. The van der Waals surface area contributed by atoms with Crippen LogP contribution < -0.4 is 14.8 Å². The standard InChI is InChI=1S/C21H28N2O4/c1-3-26-19-11-16-10-13(2)27-18(16)12-17(19)22-20(24)14-6-8-23(9-7-14)21(25)15-4-5-15/h11-15H,3-10H2,1-2H3,(H,22,24)/t13-/m1/s1. The molecule has 0 bridgehead atoms. The van der Waals surface area contributed by atoms with Gasteiger partial charge in [0.25, 0.3) is 0 Å². The number of piperidine rings is 1. The molecule has 0 aromatic heterocycles. The van der Waals surface area contributed by atoms with Crippen molar-refractivity contribution in [2.24, 2.45) is 11.8 Å². The van der Waals surface area contributed by atoms with Crippen LogP contribution in [0, 0.1) is 11.8 Å². The molecule has 1 saturated carbocycles. The summed E-state index contributed by atoms with van der Waals surface area (Å²) in [6, 6.07) is 3.86. The van der Waals surface area contributed by atoms with Gasteiger partial charge in [0.2, 0.25) is 11.8 Å². The second-order valence-electron chi connectivity index (χ2n) is 7.88. The number of ether oxygens (including phenoxy) is 2. The number of rotatable bonds is 5. The quantitative estimate of drug-likeness (QED) is 0.863. The SMILES string of the molecule is CCOc1cc2c(cc1NC(=O)C1CCN(C(=O)C3CC3)CC1)O[C@H](C)C2. The van der Waals surface area contributed by atoms with Crippen molar-refractivity contribution in [1.29, 1.82) is 0 Å². The van der Waals surface area contributed by atoms with E-state index in [-0.39, 0.29) is 29.8 Å². The van der Waals surface area contributed by atoms with Crippen LogP contribution in [0.15, 0.2) is 12.1 Å². The maximum Gasteiger partial charge on any atom is 0.227 e. The molecule has 0 radical (unpaired) electrons. The van der Waals surface area contributed by atoms with E-state index < -0.39 is 0 Å². The van der Waals surface area contributed by atoms with Crippen molar-refractivity contribution in [1.82, 2.24) is 4.90 Å². The zero-order chi connectivity index (χ0) is 19.0. The maximum atomic E-state index is 12.8. The molecular formula is C21H28N2O4. The fourth-order valence-electron chi connectivity index (χ4n) is 4.00. The van der Waals surface area contributed by atoms with Gasteiger partial charge in [0.15, 0.2) is 0 Å². The molecule has 1 saturated heterocycles. The summed E-state index contributed by atoms with van der Waals surface area (Å²) < 4.78 is 11.6. The lowest BCUT2D eigenvalue weighted by Crippen LogP contribution is -2.42. The molecule has 2 fully saturated rings. The van der Waals surface area contributed by atoms with Gasteiger partial charge in [-0.05, 0) is 45.6 Å². The molecule has 4 rings (SSSR count). The summed E-state index contributed by atoms with van der Waals surface area (Å²) >= 11 is 0. The minimum absolute atomic E-state index is 0.000435. The Morgan fingerprint density at radius 2 is 1.93 bits per heavy atom. The van der Waals surface area contributed by atoms with Gasteiger partial charge in [-0.15, -0.1) is 0 Å². The van der Waals surface area contributed by atoms with Crippen molar-refractivity contribution in [3.05, 3.63) is 17.7 Å². The first-order valence-electron chi connectivity index (χ1n) is 10.1. The van der Waals surface area contributed by atoms with E-state index in [1.54, 1.807) is 0 Å². The van der Waals surface area contributed by atoms with E-state index in [1.807, 2.05) is 30.9 Å². The molecule has 146 valence electrons. The Morgan fingerprint density at radius 3 is 2.59 bits per heavy atom. The third kappa shape index (κ3) is 3.89. The van der Waals surface area contributed by atoms with Crippen LogP contribution >= 0.6 is 0 Å². The second kappa shape index (κ2) is 7.41. The summed E-state index contributed by atoms with van der Waals surface area (Å²) in [7, 11) is 0. The largest absolute Gasteiger partial charge is 0.492 e. The van der Waals surface area contributed by atoms with Crippen LogP contribution in [0.4, 0.5) is 5.69 Å². The van der Waals surface area contributed by atoms with Crippen LogP contribution in [-0.4, -0.2) is 42.5 Å². The van der Waals surface area contributed by atoms with Crippen molar-refractivity contribution in [2.75, 3.05) is 25.0 Å². The van der Waals surface area contributed by atoms with Crippen molar-refractivity contribution in [2.45, 2.75) is 52.1 Å². The van der Waals surface area contributed by atoms with E-state index in [9.17, 15) is 9.59 Å². The number of anilines is 1. The summed E-state index contributed by atoms with van der Waals surface area (Å²) in [5.74, 6) is 1.97. The highest BCUT2D eigenvalue weighted by Crippen LogP contribution is 2.38. The van der Waals surface area contributed by atoms with E-state index in [1.165, 1.54) is 0 Å². The lowest BCUT2D eigenvalue weighted by molar-refractivity contribution is -0.135. The average molecular weight is 372 g/mol. The molecule has 1 aromatic rings. The monoisotopic (exact) mass is 372 g/mol. The van der Waals surface area contributed by atoms with Crippen molar-refractivity contribution < 1.29 is 19.1 Å².